The second kappa shape index (κ2) is 6.32. The topological polar surface area (TPSA) is 43.4 Å². The van der Waals surface area contributed by atoms with Crippen molar-refractivity contribution in [2.75, 3.05) is 19.5 Å². The van der Waals surface area contributed by atoms with Crippen molar-refractivity contribution >= 4 is 33.1 Å². The van der Waals surface area contributed by atoms with Gasteiger partial charge in [-0.2, -0.15) is 0 Å². The summed E-state index contributed by atoms with van der Waals surface area (Å²) in [5, 5.41) is 6.38. The summed E-state index contributed by atoms with van der Waals surface area (Å²) < 4.78 is 11.4. The fourth-order valence-corrected chi connectivity index (χ4v) is 3.13. The number of hydrogen-bond acceptors (Lipinski definition) is 4. The van der Waals surface area contributed by atoms with Gasteiger partial charge < -0.3 is 14.8 Å². The predicted octanol–water partition coefficient (Wildman–Crippen LogP) is 5.15. The monoisotopic (exact) mass is 330 g/mol. The minimum absolute atomic E-state index is 0.757. The highest BCUT2D eigenvalue weighted by atomic mass is 16.5. The maximum atomic E-state index is 5.79. The lowest BCUT2D eigenvalue weighted by atomic mass is 10.0. The second-order valence-electron chi connectivity index (χ2n) is 5.71. The average Bonchev–Trinajstić information content (AvgIpc) is 2.68. The van der Waals surface area contributed by atoms with Gasteiger partial charge in [0.25, 0.3) is 0 Å². The Labute approximate surface area is 146 Å². The number of fused-ring (bicyclic) bond motifs is 3. The summed E-state index contributed by atoms with van der Waals surface area (Å²) in [4.78, 5) is 4.55. The van der Waals surface area contributed by atoms with Gasteiger partial charge in [-0.1, -0.05) is 36.4 Å². The Bertz CT molecular complexity index is 1050. The Hall–Kier alpha value is -3.27. The van der Waals surface area contributed by atoms with Crippen LogP contribution in [0.5, 0.6) is 11.5 Å². The highest BCUT2D eigenvalue weighted by molar-refractivity contribution is 6.13. The molecule has 0 bridgehead atoms. The molecule has 0 saturated carbocycles. The molecular weight excluding hydrogens is 312 g/mol. The molecule has 4 heteroatoms. The number of hydrogen-bond donors (Lipinski definition) is 1. The third-order valence-electron chi connectivity index (χ3n) is 4.26. The van der Waals surface area contributed by atoms with Gasteiger partial charge in [-0.15, -0.1) is 0 Å². The number of nitrogens with zero attached hydrogens (tertiary/aromatic N) is 1. The first-order chi connectivity index (χ1) is 12.3. The van der Waals surface area contributed by atoms with Gasteiger partial charge in [0.1, 0.15) is 5.75 Å². The molecule has 0 unspecified atom stereocenters. The number of benzene rings is 3. The van der Waals surface area contributed by atoms with E-state index < -0.39 is 0 Å². The molecule has 0 saturated heterocycles. The molecule has 1 N–H and O–H groups in total. The quantitative estimate of drug-likeness (QED) is 0.526. The summed E-state index contributed by atoms with van der Waals surface area (Å²) in [5.41, 5.74) is 2.77. The number of pyridine rings is 1. The first kappa shape index (κ1) is 15.3. The van der Waals surface area contributed by atoms with Crippen molar-refractivity contribution in [3.63, 3.8) is 0 Å². The van der Waals surface area contributed by atoms with Crippen LogP contribution in [0.1, 0.15) is 0 Å². The second-order valence-corrected chi connectivity index (χ2v) is 5.71. The maximum absolute atomic E-state index is 5.79. The minimum atomic E-state index is 0.757. The summed E-state index contributed by atoms with van der Waals surface area (Å²) in [6.45, 7) is 0. The largest absolute Gasteiger partial charge is 0.496 e. The molecule has 25 heavy (non-hydrogen) atoms. The minimum Gasteiger partial charge on any atom is -0.496 e. The normalized spacial score (nSPS) is 10.8. The van der Waals surface area contributed by atoms with Gasteiger partial charge in [-0.3, -0.25) is 4.98 Å². The highest BCUT2D eigenvalue weighted by Crippen LogP contribution is 2.43. The van der Waals surface area contributed by atoms with Crippen molar-refractivity contribution < 1.29 is 9.47 Å². The predicted molar refractivity (Wildman–Crippen MR) is 102 cm³/mol. The van der Waals surface area contributed by atoms with Gasteiger partial charge in [0, 0.05) is 34.1 Å². The Morgan fingerprint density at radius 2 is 1.60 bits per heavy atom. The molecule has 0 aliphatic rings. The molecule has 1 aromatic heterocycles. The molecule has 4 rings (SSSR count). The fourth-order valence-electron chi connectivity index (χ4n) is 3.13. The summed E-state index contributed by atoms with van der Waals surface area (Å²) in [6.07, 6.45) is 1.84. The molecule has 0 spiro atoms. The Balaban J connectivity index is 2.04. The maximum Gasteiger partial charge on any atom is 0.151 e. The van der Waals surface area contributed by atoms with Crippen molar-refractivity contribution in [2.45, 2.75) is 0 Å². The molecule has 0 atom stereocenters. The molecule has 4 aromatic rings. The Morgan fingerprint density at radius 1 is 0.840 bits per heavy atom. The molecule has 0 aliphatic carbocycles. The average molecular weight is 330 g/mol. The molecule has 1 heterocycles. The van der Waals surface area contributed by atoms with Crippen LogP contribution >= 0.6 is 0 Å². The first-order valence-electron chi connectivity index (χ1n) is 8.06. The van der Waals surface area contributed by atoms with E-state index in [0.29, 0.717) is 0 Å². The number of methoxy groups -OCH3 is 2. The lowest BCUT2D eigenvalue weighted by molar-refractivity contribution is 0.412. The van der Waals surface area contributed by atoms with E-state index in [4.69, 9.17) is 9.47 Å². The van der Waals surface area contributed by atoms with Crippen LogP contribution in [0.25, 0.3) is 21.7 Å². The number of para-hydroxylation sites is 2. The summed E-state index contributed by atoms with van der Waals surface area (Å²) in [5.74, 6) is 1.53. The number of aromatic nitrogens is 1. The molecule has 4 nitrogen and oxygen atoms in total. The van der Waals surface area contributed by atoms with Crippen LogP contribution < -0.4 is 14.8 Å². The third-order valence-corrected chi connectivity index (χ3v) is 4.26. The molecule has 0 fully saturated rings. The standard InChI is InChI=1S/C21H18N2O2/c1-24-19-12-18(23-14-8-4-3-5-9-14)21(25-2)20-15-10-6-7-11-17(15)22-13-16(19)20/h3-13,23H,1-2H3. The van der Waals surface area contributed by atoms with E-state index in [1.54, 1.807) is 14.2 Å². The number of ether oxygens (including phenoxy) is 2. The van der Waals surface area contributed by atoms with Crippen LogP contribution in [-0.2, 0) is 0 Å². The van der Waals surface area contributed by atoms with Gasteiger partial charge in [0.15, 0.2) is 5.75 Å². The zero-order valence-corrected chi connectivity index (χ0v) is 14.1. The summed E-state index contributed by atoms with van der Waals surface area (Å²) in [7, 11) is 3.36. The molecule has 3 aromatic carbocycles. The van der Waals surface area contributed by atoms with E-state index in [1.807, 2.05) is 60.8 Å². The Morgan fingerprint density at radius 3 is 2.36 bits per heavy atom. The van der Waals surface area contributed by atoms with Crippen molar-refractivity contribution in [3.05, 3.63) is 66.9 Å². The van der Waals surface area contributed by atoms with Crippen LogP contribution in [0.2, 0.25) is 0 Å². The molecular formula is C21H18N2O2. The number of rotatable bonds is 4. The SMILES string of the molecule is COc1cc(Nc2ccccc2)c(OC)c2c1cnc1ccccc12. The van der Waals surface area contributed by atoms with Gasteiger partial charge in [0.05, 0.1) is 25.4 Å². The van der Waals surface area contributed by atoms with Crippen LogP contribution in [0.3, 0.4) is 0 Å². The van der Waals surface area contributed by atoms with Crippen LogP contribution in [-0.4, -0.2) is 19.2 Å². The molecule has 0 radical (unpaired) electrons. The highest BCUT2D eigenvalue weighted by Gasteiger charge is 2.16. The van der Waals surface area contributed by atoms with E-state index in [0.717, 1.165) is 44.5 Å². The van der Waals surface area contributed by atoms with E-state index in [9.17, 15) is 0 Å². The third kappa shape index (κ3) is 2.62. The van der Waals surface area contributed by atoms with Crippen molar-refractivity contribution in [3.8, 4) is 11.5 Å². The van der Waals surface area contributed by atoms with Crippen molar-refractivity contribution in [1.82, 2.24) is 4.98 Å². The van der Waals surface area contributed by atoms with Gasteiger partial charge >= 0.3 is 0 Å². The number of nitrogens with one attached hydrogen (secondary N) is 1. The Kier molecular flexibility index (Phi) is 3.86. The van der Waals surface area contributed by atoms with E-state index in [-0.39, 0.29) is 0 Å². The van der Waals surface area contributed by atoms with Crippen molar-refractivity contribution in [2.24, 2.45) is 0 Å². The molecule has 0 amide bonds. The van der Waals surface area contributed by atoms with E-state index >= 15 is 0 Å². The summed E-state index contributed by atoms with van der Waals surface area (Å²) in [6, 6.07) is 20.0. The fraction of sp³-hybridized carbons (Fsp3) is 0.0952. The zero-order chi connectivity index (χ0) is 17.2. The van der Waals surface area contributed by atoms with Gasteiger partial charge in [-0.05, 0) is 18.2 Å². The van der Waals surface area contributed by atoms with E-state index in [2.05, 4.69) is 16.4 Å². The molecule has 124 valence electrons. The van der Waals surface area contributed by atoms with E-state index in [1.165, 1.54) is 0 Å². The van der Waals surface area contributed by atoms with Gasteiger partial charge in [0.2, 0.25) is 0 Å². The number of anilines is 2. The molecule has 0 aliphatic heterocycles. The van der Waals surface area contributed by atoms with Crippen LogP contribution in [0.15, 0.2) is 66.9 Å². The summed E-state index contributed by atoms with van der Waals surface area (Å²) >= 11 is 0. The van der Waals surface area contributed by atoms with Crippen LogP contribution in [0.4, 0.5) is 11.4 Å². The smallest absolute Gasteiger partial charge is 0.151 e. The van der Waals surface area contributed by atoms with Gasteiger partial charge in [-0.25, -0.2) is 0 Å². The lowest BCUT2D eigenvalue weighted by Gasteiger charge is -2.17. The van der Waals surface area contributed by atoms with Crippen molar-refractivity contribution in [1.29, 1.82) is 0 Å². The lowest BCUT2D eigenvalue weighted by Crippen LogP contribution is -1.98. The first-order valence-corrected chi connectivity index (χ1v) is 8.06. The van der Waals surface area contributed by atoms with Crippen LogP contribution in [0, 0.1) is 0 Å². The zero-order valence-electron chi connectivity index (χ0n) is 14.1.